The molecule has 124 valence electrons. The Balaban J connectivity index is 2.04. The molecule has 0 radical (unpaired) electrons. The highest BCUT2D eigenvalue weighted by molar-refractivity contribution is 5.95. The van der Waals surface area contributed by atoms with Crippen LogP contribution in [0.2, 0.25) is 0 Å². The first-order valence-electron chi connectivity index (χ1n) is 8.44. The average molecular weight is 314 g/mol. The second-order valence-corrected chi connectivity index (χ2v) is 7.95. The van der Waals surface area contributed by atoms with Crippen molar-refractivity contribution >= 4 is 11.9 Å². The number of aliphatic hydroxyl groups excluding tert-OH is 1. The minimum Gasteiger partial charge on any atom is -0.472 e. The number of furan rings is 1. The van der Waals surface area contributed by atoms with Crippen LogP contribution in [0, 0.1) is 22.7 Å². The van der Waals surface area contributed by atoms with Gasteiger partial charge in [0.2, 0.25) is 0 Å². The van der Waals surface area contributed by atoms with Gasteiger partial charge < -0.3 is 9.52 Å². The van der Waals surface area contributed by atoms with E-state index in [1.54, 1.807) is 18.6 Å². The van der Waals surface area contributed by atoms with Crippen molar-refractivity contribution in [2.45, 2.75) is 40.0 Å². The van der Waals surface area contributed by atoms with Crippen LogP contribution in [0.15, 0.2) is 40.7 Å². The quantitative estimate of drug-likeness (QED) is 0.907. The molecule has 3 heteroatoms. The number of carbonyl (C=O) groups excluding carboxylic acids is 1. The minimum atomic E-state index is -0.133. The number of carbonyl (C=O) groups is 1. The molecule has 3 nitrogen and oxygen atoms in total. The van der Waals surface area contributed by atoms with Gasteiger partial charge in [-0.15, -0.1) is 0 Å². The fourth-order valence-corrected chi connectivity index (χ4v) is 5.00. The SMILES string of the molecule is CC1(C)CCC[C@@]2(C)[C@@H]1C(=O)C=C(CO)[C@@H]2/C=C/c1ccoc1. The Morgan fingerprint density at radius 2 is 2.13 bits per heavy atom. The van der Waals surface area contributed by atoms with Crippen molar-refractivity contribution in [3.8, 4) is 0 Å². The van der Waals surface area contributed by atoms with E-state index >= 15 is 0 Å². The molecule has 3 atom stereocenters. The maximum atomic E-state index is 12.8. The van der Waals surface area contributed by atoms with Gasteiger partial charge in [0, 0.05) is 17.4 Å². The monoisotopic (exact) mass is 314 g/mol. The summed E-state index contributed by atoms with van der Waals surface area (Å²) < 4.78 is 5.12. The Labute approximate surface area is 138 Å². The van der Waals surface area contributed by atoms with Crippen molar-refractivity contribution < 1.29 is 14.3 Å². The molecular weight excluding hydrogens is 288 g/mol. The van der Waals surface area contributed by atoms with Gasteiger partial charge in [-0.05, 0) is 41.4 Å². The summed E-state index contributed by atoms with van der Waals surface area (Å²) in [6.07, 6.45) is 12.5. The van der Waals surface area contributed by atoms with Gasteiger partial charge >= 0.3 is 0 Å². The predicted molar refractivity (Wildman–Crippen MR) is 90.6 cm³/mol. The third-order valence-electron chi connectivity index (χ3n) is 5.91. The number of ketones is 1. The van der Waals surface area contributed by atoms with E-state index in [9.17, 15) is 9.90 Å². The maximum absolute atomic E-state index is 12.8. The zero-order chi connectivity index (χ0) is 16.7. The summed E-state index contributed by atoms with van der Waals surface area (Å²) in [4.78, 5) is 12.8. The predicted octanol–water partition coefficient (Wildman–Crippen LogP) is 4.24. The molecule has 1 saturated carbocycles. The lowest BCUT2D eigenvalue weighted by Gasteiger charge is -2.55. The second-order valence-electron chi connectivity index (χ2n) is 7.95. The van der Waals surface area contributed by atoms with Crippen molar-refractivity contribution in [1.29, 1.82) is 0 Å². The number of allylic oxidation sites excluding steroid dienone is 2. The molecule has 1 N–H and O–H groups in total. The normalized spacial score (nSPS) is 33.6. The van der Waals surface area contributed by atoms with Crippen LogP contribution in [0.5, 0.6) is 0 Å². The van der Waals surface area contributed by atoms with E-state index < -0.39 is 0 Å². The highest BCUT2D eigenvalue weighted by atomic mass is 16.3. The molecule has 0 unspecified atom stereocenters. The lowest BCUT2D eigenvalue weighted by molar-refractivity contribution is -0.135. The third kappa shape index (κ3) is 2.72. The lowest BCUT2D eigenvalue weighted by Crippen LogP contribution is -2.52. The zero-order valence-corrected chi connectivity index (χ0v) is 14.2. The Kier molecular flexibility index (Phi) is 4.09. The zero-order valence-electron chi connectivity index (χ0n) is 14.2. The third-order valence-corrected chi connectivity index (χ3v) is 5.91. The van der Waals surface area contributed by atoms with Gasteiger partial charge in [0.1, 0.15) is 0 Å². The van der Waals surface area contributed by atoms with E-state index in [1.165, 1.54) is 0 Å². The standard InChI is InChI=1S/C20H26O3/c1-19(2)8-4-9-20(3)16(6-5-14-7-10-23-13-14)15(12-21)11-17(22)18(19)20/h5-7,10-11,13,16,18,21H,4,8-9,12H2,1-3H3/b6-5+/t16-,18+,20+/m0/s1. The van der Waals surface area contributed by atoms with Gasteiger partial charge in [-0.2, -0.15) is 0 Å². The molecule has 0 spiro atoms. The Hall–Kier alpha value is -1.61. The summed E-state index contributed by atoms with van der Waals surface area (Å²) in [6, 6.07) is 1.91. The molecular formula is C20H26O3. The summed E-state index contributed by atoms with van der Waals surface area (Å²) in [5, 5.41) is 9.80. The molecule has 1 aromatic heterocycles. The average Bonchev–Trinajstić information content (AvgIpc) is 2.97. The van der Waals surface area contributed by atoms with Crippen molar-refractivity contribution in [2.75, 3.05) is 6.61 Å². The summed E-state index contributed by atoms with van der Waals surface area (Å²) in [7, 11) is 0. The first kappa shape index (κ1) is 16.3. The van der Waals surface area contributed by atoms with Gasteiger partial charge in [0.15, 0.2) is 5.78 Å². The van der Waals surface area contributed by atoms with Crippen LogP contribution in [-0.4, -0.2) is 17.5 Å². The van der Waals surface area contributed by atoms with E-state index in [0.717, 1.165) is 30.4 Å². The van der Waals surface area contributed by atoms with Crippen molar-refractivity contribution in [3.05, 3.63) is 41.9 Å². The molecule has 23 heavy (non-hydrogen) atoms. The van der Waals surface area contributed by atoms with Crippen LogP contribution in [0.25, 0.3) is 6.08 Å². The Morgan fingerprint density at radius 3 is 2.78 bits per heavy atom. The van der Waals surface area contributed by atoms with Crippen LogP contribution in [0.1, 0.15) is 45.6 Å². The number of aliphatic hydroxyl groups is 1. The van der Waals surface area contributed by atoms with E-state index in [-0.39, 0.29) is 35.1 Å². The molecule has 3 rings (SSSR count). The summed E-state index contributed by atoms with van der Waals surface area (Å²) in [5.74, 6) is 0.289. The highest BCUT2D eigenvalue weighted by Crippen LogP contribution is 2.58. The molecule has 0 aliphatic heterocycles. The van der Waals surface area contributed by atoms with Crippen LogP contribution in [-0.2, 0) is 4.79 Å². The molecule has 0 amide bonds. The van der Waals surface area contributed by atoms with Crippen molar-refractivity contribution in [2.24, 2.45) is 22.7 Å². The molecule has 0 aromatic carbocycles. The van der Waals surface area contributed by atoms with Gasteiger partial charge in [0.05, 0.1) is 19.1 Å². The van der Waals surface area contributed by atoms with E-state index in [1.807, 2.05) is 12.1 Å². The van der Waals surface area contributed by atoms with Crippen LogP contribution in [0.4, 0.5) is 0 Å². The van der Waals surface area contributed by atoms with E-state index in [4.69, 9.17) is 4.42 Å². The fraction of sp³-hybridized carbons (Fsp3) is 0.550. The molecule has 0 saturated heterocycles. The number of fused-ring (bicyclic) bond motifs is 1. The number of hydrogen-bond donors (Lipinski definition) is 1. The van der Waals surface area contributed by atoms with Crippen LogP contribution >= 0.6 is 0 Å². The van der Waals surface area contributed by atoms with Gasteiger partial charge in [0.25, 0.3) is 0 Å². The Bertz CT molecular complexity index is 636. The second kappa shape index (κ2) is 5.79. The molecule has 1 fully saturated rings. The fourth-order valence-electron chi connectivity index (χ4n) is 5.00. The number of hydrogen-bond acceptors (Lipinski definition) is 3. The molecule has 2 aliphatic carbocycles. The summed E-state index contributed by atoms with van der Waals surface area (Å²) >= 11 is 0. The highest BCUT2D eigenvalue weighted by Gasteiger charge is 2.55. The molecule has 2 aliphatic rings. The first-order valence-corrected chi connectivity index (χ1v) is 8.44. The molecule has 1 heterocycles. The van der Waals surface area contributed by atoms with Gasteiger partial charge in [-0.3, -0.25) is 4.79 Å². The smallest absolute Gasteiger partial charge is 0.159 e. The molecule has 1 aromatic rings. The van der Waals surface area contributed by atoms with Crippen molar-refractivity contribution in [3.63, 3.8) is 0 Å². The maximum Gasteiger partial charge on any atom is 0.159 e. The lowest BCUT2D eigenvalue weighted by atomic mass is 9.48. The first-order chi connectivity index (χ1) is 10.9. The molecule has 0 bridgehead atoms. The van der Waals surface area contributed by atoms with E-state index in [0.29, 0.717) is 0 Å². The van der Waals surface area contributed by atoms with E-state index in [2.05, 4.69) is 26.8 Å². The summed E-state index contributed by atoms with van der Waals surface area (Å²) in [6.45, 7) is 6.58. The minimum absolute atomic E-state index is 0.00327. The van der Waals surface area contributed by atoms with Gasteiger partial charge in [-0.1, -0.05) is 39.3 Å². The largest absolute Gasteiger partial charge is 0.472 e. The van der Waals surface area contributed by atoms with Crippen LogP contribution < -0.4 is 0 Å². The van der Waals surface area contributed by atoms with Crippen molar-refractivity contribution in [1.82, 2.24) is 0 Å². The Morgan fingerprint density at radius 1 is 1.35 bits per heavy atom. The topological polar surface area (TPSA) is 50.4 Å². The summed E-state index contributed by atoms with van der Waals surface area (Å²) in [5.41, 5.74) is 1.72. The van der Waals surface area contributed by atoms with Gasteiger partial charge in [-0.25, -0.2) is 0 Å². The van der Waals surface area contributed by atoms with Crippen LogP contribution in [0.3, 0.4) is 0 Å². The number of rotatable bonds is 3.